The van der Waals surface area contributed by atoms with Crippen LogP contribution in [0.3, 0.4) is 0 Å². The molecule has 5 heteroatoms. The molecular formula is C23H25N3O2. The van der Waals surface area contributed by atoms with Gasteiger partial charge in [-0.3, -0.25) is 4.79 Å². The van der Waals surface area contributed by atoms with Crippen LogP contribution < -0.4 is 10.2 Å². The Balaban J connectivity index is 1.51. The van der Waals surface area contributed by atoms with Gasteiger partial charge < -0.3 is 14.6 Å². The van der Waals surface area contributed by atoms with Crippen LogP contribution in [0.25, 0.3) is 17.0 Å². The molecule has 1 amide bonds. The fraction of sp³-hybridized carbons (Fsp3) is 0.304. The average Bonchev–Trinajstić information content (AvgIpc) is 3.13. The molecule has 28 heavy (non-hydrogen) atoms. The van der Waals surface area contributed by atoms with Crippen molar-refractivity contribution < 1.29 is 9.21 Å². The smallest absolute Gasteiger partial charge is 0.248 e. The minimum Gasteiger partial charge on any atom is -0.462 e. The largest absolute Gasteiger partial charge is 0.462 e. The first-order valence-corrected chi connectivity index (χ1v) is 9.80. The van der Waals surface area contributed by atoms with Crippen molar-refractivity contribution in [3.05, 3.63) is 59.6 Å². The SMILES string of the molecule is Cc1ccc(/C=C/C(=O)Nc2ccc3nc(N4CCCCC4)cc(C)c3c2)o1. The van der Waals surface area contributed by atoms with E-state index in [0.717, 1.165) is 41.3 Å². The fourth-order valence-electron chi connectivity index (χ4n) is 3.62. The van der Waals surface area contributed by atoms with Gasteiger partial charge in [-0.2, -0.15) is 0 Å². The molecular weight excluding hydrogens is 350 g/mol. The number of hydrogen-bond acceptors (Lipinski definition) is 4. The number of nitrogens with zero attached hydrogens (tertiary/aromatic N) is 2. The normalized spacial score (nSPS) is 14.7. The summed E-state index contributed by atoms with van der Waals surface area (Å²) in [7, 11) is 0. The fourth-order valence-corrected chi connectivity index (χ4v) is 3.62. The monoisotopic (exact) mass is 375 g/mol. The Morgan fingerprint density at radius 3 is 2.68 bits per heavy atom. The van der Waals surface area contributed by atoms with Crippen molar-refractivity contribution in [3.8, 4) is 0 Å². The molecule has 3 heterocycles. The Bertz CT molecular complexity index is 1030. The van der Waals surface area contributed by atoms with Crippen molar-refractivity contribution in [2.75, 3.05) is 23.3 Å². The van der Waals surface area contributed by atoms with Gasteiger partial charge in [-0.25, -0.2) is 4.98 Å². The third-order valence-electron chi connectivity index (χ3n) is 5.11. The summed E-state index contributed by atoms with van der Waals surface area (Å²) in [5, 5.41) is 3.97. The third-order valence-corrected chi connectivity index (χ3v) is 5.11. The van der Waals surface area contributed by atoms with Gasteiger partial charge in [-0.1, -0.05) is 0 Å². The van der Waals surface area contributed by atoms with Crippen LogP contribution in [0.15, 0.2) is 46.9 Å². The molecule has 3 aromatic rings. The summed E-state index contributed by atoms with van der Waals surface area (Å²) in [4.78, 5) is 19.4. The van der Waals surface area contributed by atoms with Crippen molar-refractivity contribution >= 4 is 34.4 Å². The van der Waals surface area contributed by atoms with Gasteiger partial charge in [0.05, 0.1) is 5.52 Å². The summed E-state index contributed by atoms with van der Waals surface area (Å²) >= 11 is 0. The Kier molecular flexibility index (Phi) is 5.15. The molecule has 144 valence electrons. The van der Waals surface area contributed by atoms with Gasteiger partial charge in [0.15, 0.2) is 0 Å². The van der Waals surface area contributed by atoms with Crippen LogP contribution in [0.1, 0.15) is 36.3 Å². The molecule has 0 radical (unpaired) electrons. The molecule has 1 aliphatic heterocycles. The number of hydrogen-bond donors (Lipinski definition) is 1. The molecule has 1 aliphatic rings. The van der Waals surface area contributed by atoms with Crippen LogP contribution in [0.5, 0.6) is 0 Å². The van der Waals surface area contributed by atoms with Gasteiger partial charge in [0, 0.05) is 30.2 Å². The third kappa shape index (κ3) is 4.09. The van der Waals surface area contributed by atoms with Crippen LogP contribution in [0, 0.1) is 13.8 Å². The highest BCUT2D eigenvalue weighted by Gasteiger charge is 2.14. The number of pyridine rings is 1. The number of benzene rings is 1. The topological polar surface area (TPSA) is 58.4 Å². The number of furan rings is 1. The van der Waals surface area contributed by atoms with Crippen molar-refractivity contribution in [1.82, 2.24) is 4.98 Å². The summed E-state index contributed by atoms with van der Waals surface area (Å²) in [6.45, 7) is 6.13. The lowest BCUT2D eigenvalue weighted by atomic mass is 10.1. The van der Waals surface area contributed by atoms with Crippen LogP contribution in [0.2, 0.25) is 0 Å². The number of piperidine rings is 1. The molecule has 2 aromatic heterocycles. The maximum atomic E-state index is 12.2. The molecule has 0 spiro atoms. The number of rotatable bonds is 4. The highest BCUT2D eigenvalue weighted by atomic mass is 16.3. The zero-order valence-electron chi connectivity index (χ0n) is 16.4. The van der Waals surface area contributed by atoms with E-state index in [-0.39, 0.29) is 5.91 Å². The van der Waals surface area contributed by atoms with E-state index in [2.05, 4.69) is 23.2 Å². The lowest BCUT2D eigenvalue weighted by molar-refractivity contribution is -0.111. The van der Waals surface area contributed by atoms with E-state index < -0.39 is 0 Å². The maximum absolute atomic E-state index is 12.2. The number of carbonyl (C=O) groups excluding carboxylic acids is 1. The molecule has 0 atom stereocenters. The van der Waals surface area contributed by atoms with Gasteiger partial charge in [0.25, 0.3) is 0 Å². The van der Waals surface area contributed by atoms with Gasteiger partial charge in [0.1, 0.15) is 17.3 Å². The first-order valence-electron chi connectivity index (χ1n) is 9.80. The summed E-state index contributed by atoms with van der Waals surface area (Å²) in [6, 6.07) is 11.7. The molecule has 1 N–H and O–H groups in total. The second-order valence-electron chi connectivity index (χ2n) is 7.35. The van der Waals surface area contributed by atoms with Crippen LogP contribution >= 0.6 is 0 Å². The van der Waals surface area contributed by atoms with E-state index >= 15 is 0 Å². The van der Waals surface area contributed by atoms with Gasteiger partial charge in [-0.05, 0) is 81.1 Å². The minimum absolute atomic E-state index is 0.191. The van der Waals surface area contributed by atoms with E-state index in [1.807, 2.05) is 37.3 Å². The van der Waals surface area contributed by atoms with E-state index in [4.69, 9.17) is 9.40 Å². The maximum Gasteiger partial charge on any atom is 0.248 e. The van der Waals surface area contributed by atoms with Crippen LogP contribution in [-0.2, 0) is 4.79 Å². The predicted octanol–water partition coefficient (Wildman–Crippen LogP) is 5.09. The number of amides is 1. The molecule has 4 rings (SSSR count). The van der Waals surface area contributed by atoms with Crippen LogP contribution in [-0.4, -0.2) is 24.0 Å². The van der Waals surface area contributed by atoms with Crippen molar-refractivity contribution in [3.63, 3.8) is 0 Å². The summed E-state index contributed by atoms with van der Waals surface area (Å²) in [5.41, 5.74) is 2.89. The molecule has 0 bridgehead atoms. The number of nitrogens with one attached hydrogen (secondary N) is 1. The number of anilines is 2. The van der Waals surface area contributed by atoms with E-state index in [0.29, 0.717) is 5.76 Å². The molecule has 1 fully saturated rings. The molecule has 1 saturated heterocycles. The summed E-state index contributed by atoms with van der Waals surface area (Å²) < 4.78 is 5.44. The first-order chi connectivity index (χ1) is 13.6. The molecule has 0 saturated carbocycles. The molecule has 0 aliphatic carbocycles. The van der Waals surface area contributed by atoms with Crippen molar-refractivity contribution in [1.29, 1.82) is 0 Å². The lowest BCUT2D eigenvalue weighted by Gasteiger charge is -2.28. The number of fused-ring (bicyclic) bond motifs is 1. The quantitative estimate of drug-likeness (QED) is 0.646. The molecule has 5 nitrogen and oxygen atoms in total. The van der Waals surface area contributed by atoms with E-state index in [1.54, 1.807) is 6.08 Å². The predicted molar refractivity (Wildman–Crippen MR) is 114 cm³/mol. The zero-order chi connectivity index (χ0) is 19.5. The second kappa shape index (κ2) is 7.89. The minimum atomic E-state index is -0.191. The average molecular weight is 375 g/mol. The first kappa shape index (κ1) is 18.3. The van der Waals surface area contributed by atoms with Crippen molar-refractivity contribution in [2.24, 2.45) is 0 Å². The zero-order valence-corrected chi connectivity index (χ0v) is 16.4. The lowest BCUT2D eigenvalue weighted by Crippen LogP contribution is -2.30. The van der Waals surface area contributed by atoms with E-state index in [1.165, 1.54) is 30.9 Å². The number of aromatic nitrogens is 1. The Labute approximate surface area is 165 Å². The van der Waals surface area contributed by atoms with Gasteiger partial charge >= 0.3 is 0 Å². The standard InChI is InChI=1S/C23H25N3O2/c1-16-14-22(26-12-4-3-5-13-26)25-21-10-7-18(15-20(16)21)24-23(27)11-9-19-8-6-17(2)28-19/h6-11,14-15H,3-5,12-13H2,1-2H3,(H,24,27)/b11-9+. The highest BCUT2D eigenvalue weighted by Crippen LogP contribution is 2.27. The second-order valence-corrected chi connectivity index (χ2v) is 7.35. The summed E-state index contributed by atoms with van der Waals surface area (Å²) in [5.74, 6) is 2.35. The number of carbonyl (C=O) groups is 1. The Hall–Kier alpha value is -3.08. The van der Waals surface area contributed by atoms with Gasteiger partial charge in [0.2, 0.25) is 5.91 Å². The highest BCUT2D eigenvalue weighted by molar-refractivity contribution is 6.03. The Morgan fingerprint density at radius 2 is 1.93 bits per heavy atom. The number of aryl methyl sites for hydroxylation is 2. The van der Waals surface area contributed by atoms with Crippen LogP contribution in [0.4, 0.5) is 11.5 Å². The van der Waals surface area contributed by atoms with Crippen molar-refractivity contribution in [2.45, 2.75) is 33.1 Å². The van der Waals surface area contributed by atoms with E-state index in [9.17, 15) is 4.79 Å². The van der Waals surface area contributed by atoms with Gasteiger partial charge in [-0.15, -0.1) is 0 Å². The molecule has 1 aromatic carbocycles. The Morgan fingerprint density at radius 1 is 1.11 bits per heavy atom. The molecule has 0 unspecified atom stereocenters. The summed E-state index contributed by atoms with van der Waals surface area (Å²) in [6.07, 6.45) is 6.91.